The molecule has 0 N–H and O–H groups in total. The average molecular weight is 615 g/mol. The molecular formula is C34H47O6PS. The van der Waals surface area contributed by atoms with Crippen LogP contribution in [0.15, 0.2) is 88.4 Å². The average Bonchev–Trinajstić information content (AvgIpc) is 2.94. The summed E-state index contributed by atoms with van der Waals surface area (Å²) in [6, 6.07) is 14.7. The Labute approximate surface area is 257 Å². The SMILES string of the molecule is CCOP(=O)(OCC)OCCc1ccc(OC(=O)c2ccccc2SC/C=C(\C)CC/C=C(\C)CCC=C(C)C)cc1. The minimum atomic E-state index is -3.53. The third-order valence-corrected chi connectivity index (χ3v) is 8.90. The Bertz CT molecular complexity index is 1230. The molecule has 6 nitrogen and oxygen atoms in total. The van der Waals surface area contributed by atoms with Crippen LogP contribution in [0.25, 0.3) is 0 Å². The molecule has 2 aromatic carbocycles. The quantitative estimate of drug-likeness (QED) is 0.0513. The monoisotopic (exact) mass is 614 g/mol. The zero-order valence-corrected chi connectivity index (χ0v) is 27.7. The van der Waals surface area contributed by atoms with Crippen molar-refractivity contribution in [2.75, 3.05) is 25.6 Å². The molecule has 0 atom stereocenters. The lowest BCUT2D eigenvalue weighted by molar-refractivity contribution is 0.0730. The summed E-state index contributed by atoms with van der Waals surface area (Å²) >= 11 is 1.63. The Morgan fingerprint density at radius 3 is 2.07 bits per heavy atom. The fourth-order valence-electron chi connectivity index (χ4n) is 3.96. The highest BCUT2D eigenvalue weighted by Crippen LogP contribution is 2.49. The van der Waals surface area contributed by atoms with E-state index in [4.69, 9.17) is 18.3 Å². The number of carbonyl (C=O) groups is 1. The zero-order chi connectivity index (χ0) is 30.8. The van der Waals surface area contributed by atoms with Gasteiger partial charge in [0.1, 0.15) is 5.75 Å². The van der Waals surface area contributed by atoms with Crippen molar-refractivity contribution >= 4 is 25.6 Å². The van der Waals surface area contributed by atoms with Crippen molar-refractivity contribution in [3.63, 3.8) is 0 Å². The van der Waals surface area contributed by atoms with Crippen LogP contribution in [0.5, 0.6) is 5.75 Å². The number of benzene rings is 2. The summed E-state index contributed by atoms with van der Waals surface area (Å²) in [7, 11) is -3.53. The number of phosphoric ester groups is 1. The molecular weight excluding hydrogens is 567 g/mol. The summed E-state index contributed by atoms with van der Waals surface area (Å²) in [5.74, 6) is 0.854. The maximum atomic E-state index is 13.0. The van der Waals surface area contributed by atoms with Crippen molar-refractivity contribution in [1.29, 1.82) is 0 Å². The molecule has 2 aromatic rings. The van der Waals surface area contributed by atoms with E-state index >= 15 is 0 Å². The van der Waals surface area contributed by atoms with E-state index in [0.717, 1.165) is 41.9 Å². The number of rotatable bonds is 19. The highest BCUT2D eigenvalue weighted by atomic mass is 32.2. The highest BCUT2D eigenvalue weighted by Gasteiger charge is 2.24. The van der Waals surface area contributed by atoms with Crippen LogP contribution < -0.4 is 4.74 Å². The number of esters is 1. The lowest BCUT2D eigenvalue weighted by Crippen LogP contribution is -2.10. The minimum absolute atomic E-state index is 0.182. The van der Waals surface area contributed by atoms with Gasteiger partial charge >= 0.3 is 13.8 Å². The predicted octanol–water partition coefficient (Wildman–Crippen LogP) is 10.2. The fraction of sp³-hybridized carbons (Fsp3) is 0.441. The molecule has 0 radical (unpaired) electrons. The van der Waals surface area contributed by atoms with Crippen LogP contribution in [-0.2, 0) is 24.6 Å². The van der Waals surface area contributed by atoms with Crippen LogP contribution in [0, 0.1) is 0 Å². The first-order chi connectivity index (χ1) is 20.2. The summed E-state index contributed by atoms with van der Waals surface area (Å²) in [4.78, 5) is 13.9. The van der Waals surface area contributed by atoms with Gasteiger partial charge in [-0.2, -0.15) is 0 Å². The number of hydrogen-bond acceptors (Lipinski definition) is 7. The van der Waals surface area contributed by atoms with Crippen LogP contribution >= 0.6 is 19.6 Å². The first kappa shape index (κ1) is 35.8. The van der Waals surface area contributed by atoms with E-state index in [1.165, 1.54) is 16.7 Å². The highest BCUT2D eigenvalue weighted by molar-refractivity contribution is 7.99. The van der Waals surface area contributed by atoms with Crippen molar-refractivity contribution in [3.05, 3.63) is 94.6 Å². The topological polar surface area (TPSA) is 71.1 Å². The molecule has 0 bridgehead atoms. The van der Waals surface area contributed by atoms with Gasteiger partial charge < -0.3 is 4.74 Å². The molecule has 230 valence electrons. The Morgan fingerprint density at radius 2 is 1.43 bits per heavy atom. The molecule has 0 aromatic heterocycles. The minimum Gasteiger partial charge on any atom is -0.423 e. The van der Waals surface area contributed by atoms with E-state index in [9.17, 15) is 9.36 Å². The molecule has 42 heavy (non-hydrogen) atoms. The standard InChI is InChI=1S/C34H47O6PS/c1-7-37-41(36,38-8-2)39-25-23-30-19-21-31(22-20-30)40-34(35)32-17-9-10-18-33(32)42-26-24-29(6)16-12-15-28(5)14-11-13-27(3)4/h9-10,13,15,17-22,24H,7-8,11-12,14,16,23,25-26H2,1-6H3/b28-15+,29-24+. The second-order valence-corrected chi connectivity index (χ2v) is 12.9. The largest absolute Gasteiger partial charge is 0.474 e. The van der Waals surface area contributed by atoms with Crippen LogP contribution in [-0.4, -0.2) is 31.5 Å². The van der Waals surface area contributed by atoms with Gasteiger partial charge in [0, 0.05) is 10.6 Å². The summed E-state index contributed by atoms with van der Waals surface area (Å²) in [5, 5.41) is 0. The summed E-state index contributed by atoms with van der Waals surface area (Å²) in [6.07, 6.45) is 11.7. The molecule has 0 unspecified atom stereocenters. The summed E-state index contributed by atoms with van der Waals surface area (Å²) < 4.78 is 33.8. The number of hydrogen-bond donors (Lipinski definition) is 0. The Morgan fingerprint density at radius 1 is 0.810 bits per heavy atom. The van der Waals surface area contributed by atoms with Gasteiger partial charge in [0.15, 0.2) is 0 Å². The second kappa shape index (κ2) is 19.7. The molecule has 0 fully saturated rings. The molecule has 8 heteroatoms. The number of thioether (sulfide) groups is 1. The zero-order valence-electron chi connectivity index (χ0n) is 26.0. The molecule has 0 aliphatic carbocycles. The molecule has 0 saturated carbocycles. The molecule has 0 saturated heterocycles. The van der Waals surface area contributed by atoms with Crippen LogP contribution in [0.2, 0.25) is 0 Å². The molecule has 2 rings (SSSR count). The third kappa shape index (κ3) is 14.2. The number of carbonyl (C=O) groups excluding carboxylic acids is 1. The van der Waals surface area contributed by atoms with E-state index in [-0.39, 0.29) is 19.8 Å². The lowest BCUT2D eigenvalue weighted by Gasteiger charge is -2.16. The van der Waals surface area contributed by atoms with Gasteiger partial charge in [-0.1, -0.05) is 59.2 Å². The summed E-state index contributed by atoms with van der Waals surface area (Å²) in [5.41, 5.74) is 5.65. The van der Waals surface area contributed by atoms with Gasteiger partial charge in [-0.3, -0.25) is 13.6 Å². The van der Waals surface area contributed by atoms with Gasteiger partial charge in [-0.25, -0.2) is 9.36 Å². The van der Waals surface area contributed by atoms with Crippen LogP contribution in [0.4, 0.5) is 0 Å². The second-order valence-electron chi connectivity index (χ2n) is 10.2. The van der Waals surface area contributed by atoms with Gasteiger partial charge in [0.2, 0.25) is 0 Å². The van der Waals surface area contributed by atoms with Crippen molar-refractivity contribution in [2.24, 2.45) is 0 Å². The van der Waals surface area contributed by atoms with Gasteiger partial charge in [-0.05, 0) is 103 Å². The van der Waals surface area contributed by atoms with E-state index in [0.29, 0.717) is 17.7 Å². The fourth-order valence-corrected chi connectivity index (χ4v) is 6.16. The Balaban J connectivity index is 1.86. The number of allylic oxidation sites excluding steroid dienone is 5. The molecule has 0 aliphatic rings. The Hall–Kier alpha value is -2.41. The van der Waals surface area contributed by atoms with Gasteiger partial charge in [-0.15, -0.1) is 11.8 Å². The molecule has 0 heterocycles. The third-order valence-electron chi connectivity index (χ3n) is 6.25. The number of phosphoric acid groups is 1. The smallest absolute Gasteiger partial charge is 0.423 e. The van der Waals surface area contributed by atoms with Crippen molar-refractivity contribution in [1.82, 2.24) is 0 Å². The van der Waals surface area contributed by atoms with Gasteiger partial charge in [0.25, 0.3) is 0 Å². The van der Waals surface area contributed by atoms with Crippen LogP contribution in [0.1, 0.15) is 83.1 Å². The first-order valence-electron chi connectivity index (χ1n) is 14.7. The van der Waals surface area contributed by atoms with E-state index < -0.39 is 13.8 Å². The van der Waals surface area contributed by atoms with Gasteiger partial charge in [0.05, 0.1) is 25.4 Å². The predicted molar refractivity (Wildman–Crippen MR) is 174 cm³/mol. The maximum Gasteiger partial charge on any atom is 0.474 e. The molecule has 0 amide bonds. The van der Waals surface area contributed by atoms with Crippen LogP contribution in [0.3, 0.4) is 0 Å². The summed E-state index contributed by atoms with van der Waals surface area (Å²) in [6.45, 7) is 12.8. The van der Waals surface area contributed by atoms with Crippen molar-refractivity contribution in [2.45, 2.75) is 78.5 Å². The van der Waals surface area contributed by atoms with E-state index in [1.54, 1.807) is 43.8 Å². The van der Waals surface area contributed by atoms with E-state index in [2.05, 4.69) is 45.9 Å². The van der Waals surface area contributed by atoms with Crippen molar-refractivity contribution in [3.8, 4) is 5.75 Å². The molecule has 0 aliphatic heterocycles. The van der Waals surface area contributed by atoms with Crippen molar-refractivity contribution < 1.29 is 27.7 Å². The lowest BCUT2D eigenvalue weighted by atomic mass is 10.1. The number of ether oxygens (including phenoxy) is 1. The van der Waals surface area contributed by atoms with E-state index in [1.807, 2.05) is 30.3 Å². The normalized spacial score (nSPS) is 12.3. The maximum absolute atomic E-state index is 13.0. The Kier molecular flexibility index (Phi) is 16.8. The first-order valence-corrected chi connectivity index (χ1v) is 17.1. The molecule has 0 spiro atoms.